The third kappa shape index (κ3) is 30.0. The van der Waals surface area contributed by atoms with Crippen molar-refractivity contribution >= 4 is 105 Å². The highest BCUT2D eigenvalue weighted by Crippen LogP contribution is 2.44. The van der Waals surface area contributed by atoms with Crippen molar-refractivity contribution < 1.29 is 10.2 Å². The molecule has 12 heteroatoms. The molecule has 0 aliphatic carbocycles. The maximum absolute atomic E-state index is 10.0. The number of aryl methyl sites for hydroxylation is 4. The van der Waals surface area contributed by atoms with Crippen LogP contribution in [-0.4, -0.2) is 31.4 Å². The number of phenolic OH excluding ortho intramolecular Hbond substituents is 2. The minimum atomic E-state index is -0.560. The summed E-state index contributed by atoms with van der Waals surface area (Å²) in [6, 6.07) is 152. The van der Waals surface area contributed by atoms with Crippen molar-refractivity contribution in [2.24, 2.45) is 0 Å². The van der Waals surface area contributed by atoms with E-state index < -0.39 is 5.41 Å². The quantitative estimate of drug-likeness (QED) is 0.0482. The second-order valence-electron chi connectivity index (χ2n) is 39.6. The second-order valence-corrected chi connectivity index (χ2v) is 39.6. The Kier molecular flexibility index (Phi) is 38.1. The normalized spacial score (nSPS) is 11.0. The highest BCUT2D eigenvalue weighted by atomic mass is 16.3. The Morgan fingerprint density at radius 1 is 0.214 bits per heavy atom. The lowest BCUT2D eigenvalue weighted by molar-refractivity contribution is 0.436. The Morgan fingerprint density at radius 3 is 0.634 bits per heavy atom. The van der Waals surface area contributed by atoms with Crippen LogP contribution in [-0.2, 0) is 33.6 Å². The molecule has 0 saturated heterocycles. The summed E-state index contributed by atoms with van der Waals surface area (Å²) in [5.74, 6) is 0.224. The summed E-state index contributed by atoms with van der Waals surface area (Å²) in [7, 11) is 6.12. The molecule has 0 spiro atoms. The molecule has 0 radical (unpaired) electrons. The summed E-state index contributed by atoms with van der Waals surface area (Å²) in [6.45, 7) is 31.0. The van der Waals surface area contributed by atoms with Crippen LogP contribution >= 0.6 is 0 Å². The van der Waals surface area contributed by atoms with Gasteiger partial charge < -0.3 is 66.3 Å². The molecule has 0 aliphatic rings. The van der Waals surface area contributed by atoms with Crippen LogP contribution in [0.25, 0.3) is 53.9 Å². The SMILES string of the molecule is CC(C)(c1ccc(N)cc1)c1ccc(N)cc1.CC(C)(c1ccc(N)cc1O)c1ccc(N)cc1O.CNCc1ccc(C(C)(C)c2ccc(N(C)C)cc2)cc1.Cc1cc(C(C)(C)c2ccc(N)c(C)c2)ccc1N.Cc1cc(N)ccc1C(C)(C)c1ccc(N)cc1C.c1ccc2ccccc2c1.c1ccc2ccccc2c1.c1ccc2ccccc2c1.c1ccc2ccccc2c1.c1ccc2ccccc2c1. The van der Waals surface area contributed by atoms with E-state index >= 15 is 0 Å². The zero-order valence-corrected chi connectivity index (χ0v) is 87.4. The number of nitrogens with two attached hydrogens (primary N) is 8. The van der Waals surface area contributed by atoms with Gasteiger partial charge in [0.25, 0.3) is 0 Å². The van der Waals surface area contributed by atoms with E-state index in [2.05, 4.69) is 445 Å². The van der Waals surface area contributed by atoms with Gasteiger partial charge in [0.05, 0.1) is 0 Å². The van der Waals surface area contributed by atoms with E-state index in [9.17, 15) is 10.2 Å². The van der Waals surface area contributed by atoms with Crippen LogP contribution < -0.4 is 56.1 Å². The lowest BCUT2D eigenvalue weighted by Gasteiger charge is -2.30. The molecule has 0 amide bonds. The minimum absolute atomic E-state index is 0.0169. The largest absolute Gasteiger partial charge is 0.508 e. The number of hydrogen-bond acceptors (Lipinski definition) is 12. The summed E-state index contributed by atoms with van der Waals surface area (Å²) in [4.78, 5) is 2.13. The summed E-state index contributed by atoms with van der Waals surface area (Å²) in [5.41, 5.74) is 70.3. The van der Waals surface area contributed by atoms with Gasteiger partial charge in [0.1, 0.15) is 11.5 Å². The van der Waals surface area contributed by atoms with E-state index in [1.165, 1.54) is 133 Å². The molecular weight excluding hydrogens is 1770 g/mol. The zero-order chi connectivity index (χ0) is 105. The van der Waals surface area contributed by atoms with Gasteiger partial charge in [0.2, 0.25) is 0 Å². The number of fused-ring (bicyclic) bond motifs is 5. The molecular formula is C133H146N10O2. The Hall–Kier alpha value is -16.5. The molecule has 0 saturated carbocycles. The number of rotatable bonds is 13. The fraction of sp³-hybridized carbons (Fsp3) is 0.173. The summed E-state index contributed by atoms with van der Waals surface area (Å²) in [6.07, 6.45) is 0. The monoisotopic (exact) mass is 1920 g/mol. The van der Waals surface area contributed by atoms with Crippen molar-refractivity contribution in [3.8, 4) is 11.5 Å². The number of benzene rings is 20. The predicted molar refractivity (Wildman–Crippen MR) is 629 cm³/mol. The van der Waals surface area contributed by atoms with Crippen LogP contribution in [0.1, 0.15) is 153 Å². The predicted octanol–water partition coefficient (Wildman–Crippen LogP) is 31.3. The van der Waals surface area contributed by atoms with Gasteiger partial charge in [-0.3, -0.25) is 0 Å². The smallest absolute Gasteiger partial charge is 0.121 e. The Labute approximate surface area is 861 Å². The average Bonchev–Trinajstić information content (AvgIpc) is 0.793. The number of nitrogen functional groups attached to an aromatic ring is 8. The molecule has 20 aromatic rings. The first-order valence-corrected chi connectivity index (χ1v) is 49.3. The number of nitrogens with one attached hydrogen (secondary N) is 1. The van der Waals surface area contributed by atoms with Gasteiger partial charge in [-0.1, -0.05) is 421 Å². The van der Waals surface area contributed by atoms with Gasteiger partial charge >= 0.3 is 0 Å². The number of anilines is 9. The topological polar surface area (TPSA) is 264 Å². The van der Waals surface area contributed by atoms with Crippen molar-refractivity contribution in [2.75, 3.05) is 71.9 Å². The molecule has 12 nitrogen and oxygen atoms in total. The van der Waals surface area contributed by atoms with Gasteiger partial charge in [0, 0.05) is 122 Å². The molecule has 0 unspecified atom stereocenters. The fourth-order valence-electron chi connectivity index (χ4n) is 17.7. The maximum atomic E-state index is 10.0. The second kappa shape index (κ2) is 50.7. The van der Waals surface area contributed by atoms with Crippen LogP contribution in [0.3, 0.4) is 0 Å². The Bertz CT molecular complexity index is 6500. The first-order chi connectivity index (χ1) is 69.2. The molecule has 0 bridgehead atoms. The fourth-order valence-corrected chi connectivity index (χ4v) is 17.7. The van der Waals surface area contributed by atoms with Gasteiger partial charge in [-0.15, -0.1) is 0 Å². The Balaban J connectivity index is 0.000000155. The van der Waals surface area contributed by atoms with Crippen molar-refractivity contribution in [1.29, 1.82) is 0 Å². The van der Waals surface area contributed by atoms with E-state index in [4.69, 9.17) is 45.9 Å². The van der Waals surface area contributed by atoms with Crippen LogP contribution in [0, 0.1) is 27.7 Å². The van der Waals surface area contributed by atoms with E-state index in [0.717, 1.165) is 51.8 Å². The van der Waals surface area contributed by atoms with Crippen molar-refractivity contribution in [3.05, 3.63) is 532 Å². The molecule has 740 valence electrons. The number of nitrogens with zero attached hydrogens (tertiary/aromatic N) is 1. The van der Waals surface area contributed by atoms with E-state index in [1.807, 2.05) is 95.4 Å². The minimum Gasteiger partial charge on any atom is -0.508 e. The molecule has 20 rings (SSSR count). The maximum Gasteiger partial charge on any atom is 0.121 e. The standard InChI is InChI=1S/C19H26N2.2C17H22N2.C15H18N2O2.C15H18N2.5C10H8/c1-19(2,16-8-6-15(7-9-16)14-20-3)17-10-12-18(13-11-17)21(4)5;1-11-9-13(18)5-7-15(11)17(3,4)16-8-6-14(19)10-12(16)2;1-11-9-13(5-7-15(11)18)17(3,4)14-6-8-16(19)12(2)10-14;1-15(2,11-5-3-9(16)7-13(11)18)12-6-4-10(17)8-14(12)19;1-15(2,11-3-7-13(16)8-4-11)12-5-9-14(17)10-6-12;5*1-2-6-10-8-4-3-7-9(10)5-1/h6-13,20H,14H2,1-5H3;2*5-10H,18-19H2,1-4H3;3-8,18-19H,16-17H2,1-2H3;3-10H,16-17H2,1-2H3;5*1-8H. The van der Waals surface area contributed by atoms with Crippen LogP contribution in [0.2, 0.25) is 0 Å². The van der Waals surface area contributed by atoms with Crippen LogP contribution in [0.5, 0.6) is 11.5 Å². The third-order valence-corrected chi connectivity index (χ3v) is 26.9. The molecule has 0 aliphatic heterocycles. The average molecular weight is 1920 g/mol. The Morgan fingerprint density at radius 2 is 0.414 bits per heavy atom. The lowest BCUT2D eigenvalue weighted by atomic mass is 9.74. The summed E-state index contributed by atoms with van der Waals surface area (Å²) < 4.78 is 0. The van der Waals surface area contributed by atoms with Crippen molar-refractivity contribution in [3.63, 3.8) is 0 Å². The number of hydrogen-bond donors (Lipinski definition) is 11. The van der Waals surface area contributed by atoms with Gasteiger partial charge in [-0.25, -0.2) is 0 Å². The summed E-state index contributed by atoms with van der Waals surface area (Å²) in [5, 5.41) is 36.4. The molecule has 0 fully saturated rings. The molecule has 0 aromatic heterocycles. The van der Waals surface area contributed by atoms with Crippen LogP contribution in [0.4, 0.5) is 51.2 Å². The lowest BCUT2D eigenvalue weighted by Crippen LogP contribution is -2.21. The first kappa shape index (κ1) is 109. The summed E-state index contributed by atoms with van der Waals surface area (Å²) >= 11 is 0. The van der Waals surface area contributed by atoms with E-state index in [1.54, 1.807) is 24.3 Å². The molecule has 20 aromatic carbocycles. The highest BCUT2D eigenvalue weighted by Gasteiger charge is 2.31. The van der Waals surface area contributed by atoms with Gasteiger partial charge in [-0.05, 0) is 246 Å². The van der Waals surface area contributed by atoms with Crippen molar-refractivity contribution in [2.45, 2.75) is 131 Å². The van der Waals surface area contributed by atoms with Crippen LogP contribution in [0.15, 0.2) is 449 Å². The van der Waals surface area contributed by atoms with E-state index in [0.29, 0.717) is 22.5 Å². The van der Waals surface area contributed by atoms with Gasteiger partial charge in [-0.2, -0.15) is 0 Å². The molecule has 19 N–H and O–H groups in total. The van der Waals surface area contributed by atoms with Gasteiger partial charge in [0.15, 0.2) is 0 Å². The molecule has 145 heavy (non-hydrogen) atoms. The molecule has 0 heterocycles. The van der Waals surface area contributed by atoms with E-state index in [-0.39, 0.29) is 33.2 Å². The molecule has 0 atom stereocenters. The zero-order valence-electron chi connectivity index (χ0n) is 87.4. The number of aromatic hydroxyl groups is 2. The highest BCUT2D eigenvalue weighted by molar-refractivity contribution is 5.85. The first-order valence-electron chi connectivity index (χ1n) is 49.3. The third-order valence-electron chi connectivity index (χ3n) is 26.9. The van der Waals surface area contributed by atoms with Crippen molar-refractivity contribution in [1.82, 2.24) is 5.32 Å². The number of phenols is 2.